The molecule has 0 atom stereocenters. The van der Waals surface area contributed by atoms with E-state index in [0.717, 1.165) is 24.8 Å². The molecule has 0 amide bonds. The van der Waals surface area contributed by atoms with Crippen LogP contribution in [-0.2, 0) is 18.9 Å². The predicted molar refractivity (Wildman–Crippen MR) is 97.3 cm³/mol. The van der Waals surface area contributed by atoms with Gasteiger partial charge in [0.2, 0.25) is 0 Å². The second-order valence-corrected chi connectivity index (χ2v) is 5.00. The number of aliphatic imine (C=N–C) groups is 2. The van der Waals surface area contributed by atoms with Crippen LogP contribution in [0, 0.1) is 0 Å². The first-order valence-corrected chi connectivity index (χ1v) is 8.34. The normalized spacial score (nSPS) is 12.5. The van der Waals surface area contributed by atoms with Gasteiger partial charge >= 0.3 is 0 Å². The van der Waals surface area contributed by atoms with Crippen molar-refractivity contribution < 1.29 is 18.9 Å². The average Bonchev–Trinajstić information content (AvgIpc) is 2.57. The summed E-state index contributed by atoms with van der Waals surface area (Å²) in [6.07, 6.45) is 0. The predicted octanol–water partition coefficient (Wildman–Crippen LogP) is 0.328. The first-order chi connectivity index (χ1) is 11.7. The molecule has 0 fully saturated rings. The Labute approximate surface area is 146 Å². The number of ether oxygens (including phenoxy) is 4. The van der Waals surface area contributed by atoms with E-state index in [1.54, 1.807) is 14.2 Å². The number of nitrogens with one attached hydrogen (secondary N) is 2. The fraction of sp³-hybridized carbons (Fsp3) is 0.875. The molecule has 0 unspecified atom stereocenters. The number of hydrogen-bond donors (Lipinski definition) is 2. The fourth-order valence-electron chi connectivity index (χ4n) is 1.65. The lowest BCUT2D eigenvalue weighted by Gasteiger charge is -2.08. The van der Waals surface area contributed by atoms with E-state index >= 15 is 0 Å². The van der Waals surface area contributed by atoms with Gasteiger partial charge in [0.05, 0.1) is 64.4 Å². The third-order valence-electron chi connectivity index (χ3n) is 2.92. The van der Waals surface area contributed by atoms with Crippen molar-refractivity contribution in [2.75, 3.05) is 80.0 Å². The molecule has 24 heavy (non-hydrogen) atoms. The summed E-state index contributed by atoms with van der Waals surface area (Å²) in [6, 6.07) is 0. The molecule has 0 spiro atoms. The Morgan fingerprint density at radius 2 is 1.17 bits per heavy atom. The van der Waals surface area contributed by atoms with E-state index in [0.29, 0.717) is 52.7 Å². The van der Waals surface area contributed by atoms with Crippen LogP contribution in [0.5, 0.6) is 0 Å². The highest BCUT2D eigenvalue weighted by atomic mass is 16.5. The molecule has 0 aromatic carbocycles. The molecule has 0 heterocycles. The largest absolute Gasteiger partial charge is 0.383 e. The van der Waals surface area contributed by atoms with Crippen molar-refractivity contribution in [3.8, 4) is 0 Å². The molecule has 0 aliphatic heterocycles. The summed E-state index contributed by atoms with van der Waals surface area (Å²) < 4.78 is 20.8. The lowest BCUT2D eigenvalue weighted by atomic mass is 10.5. The van der Waals surface area contributed by atoms with Crippen LogP contribution in [0.1, 0.15) is 13.8 Å². The van der Waals surface area contributed by atoms with Crippen molar-refractivity contribution in [2.45, 2.75) is 13.8 Å². The molecule has 0 rings (SSSR count). The highest BCUT2D eigenvalue weighted by Gasteiger charge is 1.93. The Morgan fingerprint density at radius 3 is 1.75 bits per heavy atom. The second kappa shape index (κ2) is 18.1. The van der Waals surface area contributed by atoms with Gasteiger partial charge in [-0.1, -0.05) is 0 Å². The number of amidine groups is 2. The summed E-state index contributed by atoms with van der Waals surface area (Å²) in [6.45, 7) is 10.4. The number of rotatable bonds is 15. The van der Waals surface area contributed by atoms with Gasteiger partial charge in [-0.2, -0.15) is 0 Å². The smallest absolute Gasteiger partial charge is 0.0933 e. The van der Waals surface area contributed by atoms with Crippen molar-refractivity contribution in [3.05, 3.63) is 0 Å². The van der Waals surface area contributed by atoms with Gasteiger partial charge < -0.3 is 29.6 Å². The van der Waals surface area contributed by atoms with E-state index in [1.165, 1.54) is 0 Å². The minimum atomic E-state index is 0.576. The molecule has 0 aromatic rings. The van der Waals surface area contributed by atoms with E-state index in [4.69, 9.17) is 18.9 Å². The Morgan fingerprint density at radius 1 is 0.667 bits per heavy atom. The Hall–Kier alpha value is -1.22. The minimum Gasteiger partial charge on any atom is -0.383 e. The van der Waals surface area contributed by atoms with Crippen molar-refractivity contribution in [2.24, 2.45) is 9.98 Å². The number of methoxy groups -OCH3 is 2. The van der Waals surface area contributed by atoms with E-state index < -0.39 is 0 Å². The van der Waals surface area contributed by atoms with Crippen LogP contribution in [-0.4, -0.2) is 91.7 Å². The topological polar surface area (TPSA) is 85.7 Å². The highest BCUT2D eigenvalue weighted by molar-refractivity contribution is 5.79. The quantitative estimate of drug-likeness (QED) is 0.252. The van der Waals surface area contributed by atoms with E-state index in [-0.39, 0.29) is 0 Å². The maximum Gasteiger partial charge on any atom is 0.0933 e. The van der Waals surface area contributed by atoms with E-state index in [2.05, 4.69) is 20.6 Å². The first-order valence-electron chi connectivity index (χ1n) is 8.34. The van der Waals surface area contributed by atoms with E-state index in [9.17, 15) is 0 Å². The third-order valence-corrected chi connectivity index (χ3v) is 2.92. The zero-order valence-electron chi connectivity index (χ0n) is 15.6. The standard InChI is InChI=1S/C16H34N4O4/c1-15(17-5-9-21-3)19-7-11-23-13-14-24-12-8-20-16(2)18-6-10-22-4/h5-14H2,1-4H3,(H,17,19)(H,18,20). The molecule has 0 aromatic heterocycles. The molecule has 0 bridgehead atoms. The molecular weight excluding hydrogens is 312 g/mol. The van der Waals surface area contributed by atoms with Gasteiger partial charge in [-0.3, -0.25) is 9.98 Å². The molecule has 0 saturated carbocycles. The van der Waals surface area contributed by atoms with Crippen LogP contribution in [0.2, 0.25) is 0 Å². The molecule has 8 heteroatoms. The first kappa shape index (κ1) is 22.8. The summed E-state index contributed by atoms with van der Waals surface area (Å²) in [4.78, 5) is 8.64. The molecule has 8 nitrogen and oxygen atoms in total. The third kappa shape index (κ3) is 17.1. The fourth-order valence-corrected chi connectivity index (χ4v) is 1.65. The molecule has 0 radical (unpaired) electrons. The van der Waals surface area contributed by atoms with Gasteiger partial charge in [0.25, 0.3) is 0 Å². The number of hydrogen-bond acceptors (Lipinski definition) is 6. The van der Waals surface area contributed by atoms with Gasteiger partial charge in [-0.25, -0.2) is 0 Å². The maximum absolute atomic E-state index is 5.47. The lowest BCUT2D eigenvalue weighted by molar-refractivity contribution is 0.0529. The summed E-state index contributed by atoms with van der Waals surface area (Å²) in [5, 5.41) is 6.34. The van der Waals surface area contributed by atoms with Crippen LogP contribution in [0.4, 0.5) is 0 Å². The summed E-state index contributed by atoms with van der Waals surface area (Å²) in [7, 11) is 3.35. The van der Waals surface area contributed by atoms with Crippen LogP contribution >= 0.6 is 0 Å². The van der Waals surface area contributed by atoms with Crippen molar-refractivity contribution in [3.63, 3.8) is 0 Å². The zero-order chi connectivity index (χ0) is 17.9. The van der Waals surface area contributed by atoms with Gasteiger partial charge in [-0.05, 0) is 13.8 Å². The Kier molecular flexibility index (Phi) is 17.2. The Balaban J connectivity index is 3.33. The summed E-state index contributed by atoms with van der Waals surface area (Å²) in [5.74, 6) is 1.81. The second-order valence-electron chi connectivity index (χ2n) is 5.00. The summed E-state index contributed by atoms with van der Waals surface area (Å²) in [5.41, 5.74) is 0. The van der Waals surface area contributed by atoms with Crippen LogP contribution in [0.25, 0.3) is 0 Å². The lowest BCUT2D eigenvalue weighted by Crippen LogP contribution is -2.26. The Bertz CT molecular complexity index is 338. The van der Waals surface area contributed by atoms with Crippen molar-refractivity contribution in [1.82, 2.24) is 10.6 Å². The monoisotopic (exact) mass is 346 g/mol. The molecule has 2 N–H and O–H groups in total. The van der Waals surface area contributed by atoms with Gasteiger partial charge in [-0.15, -0.1) is 0 Å². The summed E-state index contributed by atoms with van der Waals surface area (Å²) >= 11 is 0. The van der Waals surface area contributed by atoms with Gasteiger partial charge in [0.1, 0.15) is 0 Å². The minimum absolute atomic E-state index is 0.576. The van der Waals surface area contributed by atoms with E-state index in [1.807, 2.05) is 13.8 Å². The molecule has 0 saturated heterocycles. The maximum atomic E-state index is 5.47. The van der Waals surface area contributed by atoms with Crippen LogP contribution < -0.4 is 10.6 Å². The highest BCUT2D eigenvalue weighted by Crippen LogP contribution is 1.82. The number of nitrogens with zero attached hydrogens (tertiary/aromatic N) is 2. The van der Waals surface area contributed by atoms with Gasteiger partial charge in [0.15, 0.2) is 0 Å². The van der Waals surface area contributed by atoms with Gasteiger partial charge in [0, 0.05) is 27.3 Å². The van der Waals surface area contributed by atoms with Crippen LogP contribution in [0.15, 0.2) is 9.98 Å². The van der Waals surface area contributed by atoms with Crippen molar-refractivity contribution in [1.29, 1.82) is 0 Å². The molecular formula is C16H34N4O4. The van der Waals surface area contributed by atoms with Crippen LogP contribution in [0.3, 0.4) is 0 Å². The zero-order valence-corrected chi connectivity index (χ0v) is 15.6. The molecule has 0 aliphatic carbocycles. The SMILES string of the molecule is COCCN=C(C)NCCOCCOCCN=C(C)NCCOC. The molecule has 0 aliphatic rings. The van der Waals surface area contributed by atoms with Crippen molar-refractivity contribution >= 4 is 11.7 Å². The average molecular weight is 346 g/mol. The molecule has 142 valence electrons.